The summed E-state index contributed by atoms with van der Waals surface area (Å²) >= 11 is 0. The molecule has 3 aliphatic carbocycles. The average molecular weight is 667 g/mol. The number of carbonyl (C=O) groups excluding carboxylic acids is 4. The summed E-state index contributed by atoms with van der Waals surface area (Å²) in [5.74, 6) is -3.09. The molecule has 7 nitrogen and oxygen atoms in total. The fraction of sp³-hybridized carbons (Fsp3) is 0.756. The van der Waals surface area contributed by atoms with Gasteiger partial charge in [0.2, 0.25) is 0 Å². The first-order chi connectivity index (χ1) is 22.5. The van der Waals surface area contributed by atoms with Crippen molar-refractivity contribution in [3.63, 3.8) is 0 Å². The van der Waals surface area contributed by atoms with Crippen LogP contribution in [0, 0.1) is 40.9 Å². The molecule has 0 aromatic heterocycles. The second-order valence-corrected chi connectivity index (χ2v) is 16.6. The summed E-state index contributed by atoms with van der Waals surface area (Å²) in [5, 5.41) is 12.2. The number of aliphatic hydroxyl groups is 1. The molecule has 0 spiro atoms. The van der Waals surface area contributed by atoms with Gasteiger partial charge in [-0.1, -0.05) is 69.4 Å². The van der Waals surface area contributed by atoms with E-state index in [1.165, 1.54) is 12.7 Å². The topological polar surface area (TPSA) is 110 Å². The lowest BCUT2D eigenvalue weighted by molar-refractivity contribution is -0.166. The van der Waals surface area contributed by atoms with Crippen molar-refractivity contribution < 1.29 is 33.8 Å². The number of hydrogen-bond acceptors (Lipinski definition) is 7. The third kappa shape index (κ3) is 8.31. The van der Waals surface area contributed by atoms with E-state index in [1.54, 1.807) is 0 Å². The van der Waals surface area contributed by atoms with Gasteiger partial charge in [0.15, 0.2) is 0 Å². The van der Waals surface area contributed by atoms with E-state index in [2.05, 4.69) is 26.0 Å². The summed E-state index contributed by atoms with van der Waals surface area (Å²) in [5.41, 5.74) is 1.88. The van der Waals surface area contributed by atoms with E-state index < -0.39 is 40.8 Å². The van der Waals surface area contributed by atoms with Crippen molar-refractivity contribution in [2.45, 2.75) is 150 Å². The lowest BCUT2D eigenvalue weighted by atomic mass is 9.53. The van der Waals surface area contributed by atoms with Crippen LogP contribution in [0.2, 0.25) is 0 Å². The molecule has 48 heavy (non-hydrogen) atoms. The van der Waals surface area contributed by atoms with Gasteiger partial charge in [0.1, 0.15) is 17.3 Å². The van der Waals surface area contributed by atoms with Crippen LogP contribution in [0.1, 0.15) is 132 Å². The van der Waals surface area contributed by atoms with Crippen molar-refractivity contribution in [3.05, 3.63) is 34.4 Å². The molecule has 1 N–H and O–H groups in total. The SMILES string of the molecule is COC(=O)C12CC(=O)C(C(C)C)CC(=O)C(C)CCCC(C)CC(=O)C1CC(C)=C1C(O)CC3(C)OC3CCC(C)=CCCC(C)=CC12. The number of methoxy groups -OCH3 is 1. The third-order valence-corrected chi connectivity index (χ3v) is 12.3. The molecule has 0 radical (unpaired) electrons. The van der Waals surface area contributed by atoms with Gasteiger partial charge < -0.3 is 14.6 Å². The number of Topliss-reactive ketones (excluding diaryl/α,β-unsaturated/α-hetero) is 3. The Morgan fingerprint density at radius 3 is 2.33 bits per heavy atom. The molecule has 9 atom stereocenters. The highest BCUT2D eigenvalue weighted by molar-refractivity contribution is 5.97. The lowest BCUT2D eigenvalue weighted by Gasteiger charge is -2.49. The molecule has 0 aromatic rings. The molecule has 9 unspecified atom stereocenters. The van der Waals surface area contributed by atoms with Crippen LogP contribution in [0.5, 0.6) is 0 Å². The maximum absolute atomic E-state index is 14.7. The van der Waals surface area contributed by atoms with Crippen LogP contribution < -0.4 is 0 Å². The second-order valence-electron chi connectivity index (χ2n) is 16.6. The van der Waals surface area contributed by atoms with Gasteiger partial charge >= 0.3 is 5.97 Å². The first-order valence-electron chi connectivity index (χ1n) is 18.6. The Balaban J connectivity index is 1.96. The van der Waals surface area contributed by atoms with Crippen molar-refractivity contribution in [2.24, 2.45) is 40.9 Å². The van der Waals surface area contributed by atoms with Gasteiger partial charge in [-0.05, 0) is 83.6 Å². The molecular weight excluding hydrogens is 604 g/mol. The highest BCUT2D eigenvalue weighted by Gasteiger charge is 2.61. The number of ether oxygens (including phenoxy) is 2. The fourth-order valence-electron chi connectivity index (χ4n) is 9.05. The summed E-state index contributed by atoms with van der Waals surface area (Å²) in [4.78, 5) is 57.3. The Hall–Kier alpha value is -2.38. The minimum absolute atomic E-state index is 0.0301. The number of esters is 1. The van der Waals surface area contributed by atoms with Crippen molar-refractivity contribution in [1.82, 2.24) is 0 Å². The Labute approximate surface area is 289 Å². The average Bonchev–Trinajstić information content (AvgIpc) is 3.66. The predicted octanol–water partition coefficient (Wildman–Crippen LogP) is 8.08. The van der Waals surface area contributed by atoms with Gasteiger partial charge in [0, 0.05) is 49.4 Å². The smallest absolute Gasteiger partial charge is 0.313 e. The minimum atomic E-state index is -1.56. The van der Waals surface area contributed by atoms with Crippen LogP contribution >= 0.6 is 0 Å². The Bertz CT molecular complexity index is 1340. The zero-order valence-corrected chi connectivity index (χ0v) is 31.2. The van der Waals surface area contributed by atoms with Crippen LogP contribution in [-0.2, 0) is 28.7 Å². The summed E-state index contributed by atoms with van der Waals surface area (Å²) < 4.78 is 11.8. The summed E-state index contributed by atoms with van der Waals surface area (Å²) in [6.45, 7) is 16.1. The molecule has 1 saturated heterocycles. The first kappa shape index (κ1) is 38.4. The van der Waals surface area contributed by atoms with Crippen molar-refractivity contribution >= 4 is 23.3 Å². The van der Waals surface area contributed by atoms with Gasteiger partial charge in [-0.3, -0.25) is 19.2 Å². The third-order valence-electron chi connectivity index (χ3n) is 12.3. The standard InChI is InChI=1S/C41H62O7/c1-24(2)30-21-33(42)28(6)15-11-14-27(5)19-34(43)31-20-29(7)38-32(41(31,23-35(30)44)39(46)47-9)18-26(4)13-10-12-25(3)16-17-37-40(8,48-37)22-36(38)45/h12,18,24,27-28,30-32,36-37,45H,10-11,13-17,19-23H2,1-9H3. The molecule has 4 rings (SSSR count). The molecular formula is C41H62O7. The van der Waals surface area contributed by atoms with Crippen molar-refractivity contribution in [3.8, 4) is 0 Å². The number of aliphatic hydroxyl groups excluding tert-OH is 1. The fourth-order valence-corrected chi connectivity index (χ4v) is 9.05. The molecule has 1 aliphatic heterocycles. The maximum Gasteiger partial charge on any atom is 0.313 e. The molecule has 0 aromatic carbocycles. The normalized spacial score (nSPS) is 38.1. The van der Waals surface area contributed by atoms with E-state index in [4.69, 9.17) is 9.47 Å². The molecule has 7 heteroatoms. The molecule has 2 fully saturated rings. The minimum Gasteiger partial charge on any atom is -0.469 e. The summed E-state index contributed by atoms with van der Waals surface area (Å²) in [6, 6.07) is 0. The van der Waals surface area contributed by atoms with E-state index in [-0.39, 0.29) is 66.9 Å². The quantitative estimate of drug-likeness (QED) is 0.180. The first-order valence-corrected chi connectivity index (χ1v) is 18.6. The summed E-state index contributed by atoms with van der Waals surface area (Å²) in [6.07, 6.45) is 9.99. The largest absolute Gasteiger partial charge is 0.469 e. The number of epoxide rings is 1. The predicted molar refractivity (Wildman–Crippen MR) is 188 cm³/mol. The molecule has 0 bridgehead atoms. The van der Waals surface area contributed by atoms with Crippen LogP contribution in [0.3, 0.4) is 0 Å². The summed E-state index contributed by atoms with van der Waals surface area (Å²) in [7, 11) is 1.33. The van der Waals surface area contributed by atoms with E-state index in [0.717, 1.165) is 56.1 Å². The van der Waals surface area contributed by atoms with Crippen molar-refractivity contribution in [1.29, 1.82) is 0 Å². The Morgan fingerprint density at radius 2 is 1.67 bits per heavy atom. The number of hydrogen-bond donors (Lipinski definition) is 1. The molecule has 1 heterocycles. The van der Waals surface area contributed by atoms with Crippen molar-refractivity contribution in [2.75, 3.05) is 7.11 Å². The second kappa shape index (κ2) is 15.7. The van der Waals surface area contributed by atoms with Crippen LogP contribution in [0.25, 0.3) is 0 Å². The Morgan fingerprint density at radius 1 is 0.958 bits per heavy atom. The number of allylic oxidation sites excluding steroid dienone is 5. The maximum atomic E-state index is 14.7. The lowest BCUT2D eigenvalue weighted by Crippen LogP contribution is -2.54. The van der Waals surface area contributed by atoms with Crippen LogP contribution in [0.4, 0.5) is 0 Å². The highest BCUT2D eigenvalue weighted by atomic mass is 16.6. The van der Waals surface area contributed by atoms with Gasteiger partial charge in [0.05, 0.1) is 30.3 Å². The van der Waals surface area contributed by atoms with Crippen LogP contribution in [0.15, 0.2) is 34.4 Å². The molecule has 0 amide bonds. The Kier molecular flexibility index (Phi) is 12.5. The van der Waals surface area contributed by atoms with Gasteiger partial charge in [-0.15, -0.1) is 0 Å². The molecule has 1 saturated carbocycles. The number of carbonyl (C=O) groups is 4. The highest BCUT2D eigenvalue weighted by Crippen LogP contribution is 2.56. The molecule has 4 aliphatic rings. The van der Waals surface area contributed by atoms with E-state index in [9.17, 15) is 24.3 Å². The van der Waals surface area contributed by atoms with E-state index >= 15 is 0 Å². The molecule has 268 valence electrons. The zero-order chi connectivity index (χ0) is 35.6. The number of ketones is 3. The zero-order valence-electron chi connectivity index (χ0n) is 31.2. The van der Waals surface area contributed by atoms with E-state index in [1.807, 2.05) is 41.5 Å². The number of rotatable bonds is 2. The van der Waals surface area contributed by atoms with Gasteiger partial charge in [-0.25, -0.2) is 0 Å². The monoisotopic (exact) mass is 666 g/mol. The van der Waals surface area contributed by atoms with Crippen LogP contribution in [-0.4, -0.2) is 53.3 Å². The van der Waals surface area contributed by atoms with Gasteiger partial charge in [0.25, 0.3) is 0 Å². The number of fused-ring (bicyclic) bond motifs is 4. The van der Waals surface area contributed by atoms with Gasteiger partial charge in [-0.2, -0.15) is 0 Å². The van der Waals surface area contributed by atoms with E-state index in [0.29, 0.717) is 12.0 Å².